The molecule has 0 radical (unpaired) electrons. The van der Waals surface area contributed by atoms with E-state index in [1.54, 1.807) is 18.2 Å². The van der Waals surface area contributed by atoms with Crippen LogP contribution < -0.4 is 4.72 Å². The molecule has 7 nitrogen and oxygen atoms in total. The van der Waals surface area contributed by atoms with Crippen LogP contribution in [0, 0.1) is 0 Å². The third-order valence-corrected chi connectivity index (χ3v) is 8.65. The molecule has 3 heterocycles. The van der Waals surface area contributed by atoms with E-state index < -0.39 is 21.8 Å². The van der Waals surface area contributed by atoms with Crippen LogP contribution in [0.2, 0.25) is 0 Å². The Balaban J connectivity index is 1.34. The van der Waals surface area contributed by atoms with Crippen LogP contribution in [0.25, 0.3) is 0 Å². The number of carbonyl (C=O) groups is 2. The van der Waals surface area contributed by atoms with Gasteiger partial charge in [-0.2, -0.15) is 0 Å². The monoisotopic (exact) mass is 453 g/mol. The SMILES string of the molecule is O=C1c2cccnc2C(=O)N1Cc1ccc(S(=O)(=O)NC2CCCc3ccccc32)s1. The van der Waals surface area contributed by atoms with Gasteiger partial charge in [-0.1, -0.05) is 24.3 Å². The summed E-state index contributed by atoms with van der Waals surface area (Å²) in [6.45, 7) is 0.0144. The van der Waals surface area contributed by atoms with Gasteiger partial charge in [0.15, 0.2) is 0 Å². The van der Waals surface area contributed by atoms with E-state index in [-0.39, 0.29) is 28.1 Å². The molecule has 3 aromatic rings. The molecule has 1 atom stereocenters. The number of hydrogen-bond donors (Lipinski definition) is 1. The number of amides is 2. The maximum Gasteiger partial charge on any atom is 0.280 e. The van der Waals surface area contributed by atoms with Gasteiger partial charge in [-0.3, -0.25) is 19.5 Å². The number of thiophene rings is 1. The van der Waals surface area contributed by atoms with Gasteiger partial charge in [0.1, 0.15) is 9.90 Å². The summed E-state index contributed by atoms with van der Waals surface area (Å²) < 4.78 is 29.0. The fraction of sp³-hybridized carbons (Fsp3) is 0.227. The van der Waals surface area contributed by atoms with Crippen LogP contribution in [0.3, 0.4) is 0 Å². The molecular weight excluding hydrogens is 434 g/mol. The lowest BCUT2D eigenvalue weighted by molar-refractivity contribution is 0.0642. The fourth-order valence-electron chi connectivity index (χ4n) is 4.12. The number of aryl methyl sites for hydroxylation is 1. The molecule has 1 aliphatic carbocycles. The van der Waals surface area contributed by atoms with E-state index in [4.69, 9.17) is 0 Å². The van der Waals surface area contributed by atoms with Crippen molar-refractivity contribution in [3.63, 3.8) is 0 Å². The second-order valence-electron chi connectivity index (χ2n) is 7.58. The highest BCUT2D eigenvalue weighted by molar-refractivity contribution is 7.91. The molecule has 158 valence electrons. The first-order valence-corrected chi connectivity index (χ1v) is 12.2. The summed E-state index contributed by atoms with van der Waals surface area (Å²) >= 11 is 1.06. The highest BCUT2D eigenvalue weighted by atomic mass is 32.2. The summed E-state index contributed by atoms with van der Waals surface area (Å²) in [4.78, 5) is 30.8. The van der Waals surface area contributed by atoms with Crippen molar-refractivity contribution in [2.45, 2.75) is 36.1 Å². The van der Waals surface area contributed by atoms with Gasteiger partial charge in [0.25, 0.3) is 21.8 Å². The second-order valence-corrected chi connectivity index (χ2v) is 10.7. The summed E-state index contributed by atoms with van der Waals surface area (Å²) in [5.41, 5.74) is 2.60. The molecule has 1 aromatic carbocycles. The minimum absolute atomic E-state index is 0.0144. The predicted molar refractivity (Wildman–Crippen MR) is 115 cm³/mol. The van der Waals surface area contributed by atoms with Crippen molar-refractivity contribution in [1.82, 2.24) is 14.6 Å². The lowest BCUT2D eigenvalue weighted by Gasteiger charge is -2.25. The van der Waals surface area contributed by atoms with Gasteiger partial charge < -0.3 is 0 Å². The van der Waals surface area contributed by atoms with Crippen molar-refractivity contribution >= 4 is 33.2 Å². The van der Waals surface area contributed by atoms with Crippen LogP contribution in [-0.2, 0) is 23.0 Å². The molecule has 2 aliphatic rings. The van der Waals surface area contributed by atoms with Crippen LogP contribution in [-0.4, -0.2) is 30.1 Å². The minimum Gasteiger partial charge on any atom is -0.268 e. The molecular formula is C22H19N3O4S2. The van der Waals surface area contributed by atoms with Crippen molar-refractivity contribution < 1.29 is 18.0 Å². The molecule has 0 spiro atoms. The van der Waals surface area contributed by atoms with Crippen LogP contribution in [0.1, 0.15) is 55.7 Å². The summed E-state index contributed by atoms with van der Waals surface area (Å²) in [6.07, 6.45) is 4.09. The number of pyridine rings is 1. The number of benzene rings is 1. The largest absolute Gasteiger partial charge is 0.280 e. The molecule has 1 unspecified atom stereocenters. The lowest BCUT2D eigenvalue weighted by Crippen LogP contribution is -2.30. The van der Waals surface area contributed by atoms with E-state index in [0.717, 1.165) is 41.1 Å². The van der Waals surface area contributed by atoms with Gasteiger partial charge >= 0.3 is 0 Å². The van der Waals surface area contributed by atoms with E-state index >= 15 is 0 Å². The van der Waals surface area contributed by atoms with Gasteiger partial charge in [0.2, 0.25) is 0 Å². The molecule has 1 N–H and O–H groups in total. The molecule has 0 fully saturated rings. The number of imide groups is 1. The first kappa shape index (κ1) is 20.0. The Morgan fingerprint density at radius 3 is 2.74 bits per heavy atom. The summed E-state index contributed by atoms with van der Waals surface area (Å²) in [5, 5.41) is 0. The van der Waals surface area contributed by atoms with Gasteiger partial charge in [0, 0.05) is 17.1 Å². The number of aromatic nitrogens is 1. The Morgan fingerprint density at radius 2 is 1.90 bits per heavy atom. The van der Waals surface area contributed by atoms with Crippen molar-refractivity contribution in [3.8, 4) is 0 Å². The molecule has 2 amide bonds. The highest BCUT2D eigenvalue weighted by Gasteiger charge is 2.37. The molecule has 0 bridgehead atoms. The Morgan fingerprint density at radius 1 is 1.06 bits per heavy atom. The zero-order valence-electron chi connectivity index (χ0n) is 16.4. The smallest absolute Gasteiger partial charge is 0.268 e. The zero-order valence-corrected chi connectivity index (χ0v) is 18.1. The topological polar surface area (TPSA) is 96.4 Å². The fourth-order valence-corrected chi connectivity index (χ4v) is 6.73. The number of fused-ring (bicyclic) bond motifs is 2. The molecule has 2 aromatic heterocycles. The van der Waals surface area contributed by atoms with Gasteiger partial charge in [0.05, 0.1) is 12.1 Å². The number of sulfonamides is 1. The number of rotatable bonds is 5. The minimum atomic E-state index is -3.73. The van der Waals surface area contributed by atoms with Crippen LogP contribution in [0.4, 0.5) is 0 Å². The van der Waals surface area contributed by atoms with Crippen LogP contribution >= 0.6 is 11.3 Å². The summed E-state index contributed by atoms with van der Waals surface area (Å²) in [5.74, 6) is -0.877. The number of hydrogen-bond acceptors (Lipinski definition) is 6. The third-order valence-electron chi connectivity index (χ3n) is 5.61. The summed E-state index contributed by atoms with van der Waals surface area (Å²) in [7, 11) is -3.73. The van der Waals surface area contributed by atoms with E-state index in [9.17, 15) is 18.0 Å². The number of nitrogens with zero attached hydrogens (tertiary/aromatic N) is 2. The first-order chi connectivity index (χ1) is 14.9. The Bertz CT molecular complexity index is 1260. The van der Waals surface area contributed by atoms with Crippen molar-refractivity contribution in [1.29, 1.82) is 0 Å². The van der Waals surface area contributed by atoms with E-state index in [0.29, 0.717) is 4.88 Å². The standard InChI is InChI=1S/C22H19N3O4S2/c26-21-17-8-4-12-23-20(17)22(27)25(21)13-15-10-11-19(30-15)31(28,29)24-18-9-3-6-14-5-1-2-7-16(14)18/h1-2,4-5,7-8,10-12,18,24H,3,6,9,13H2. The molecule has 5 rings (SSSR count). The van der Waals surface area contributed by atoms with Crippen molar-refractivity contribution in [3.05, 3.63) is 82.0 Å². The van der Waals surface area contributed by atoms with E-state index in [1.165, 1.54) is 17.8 Å². The third kappa shape index (κ3) is 3.58. The Kier molecular flexibility index (Phi) is 4.96. The first-order valence-electron chi connectivity index (χ1n) is 9.94. The predicted octanol–water partition coefficient (Wildman–Crippen LogP) is 3.30. The van der Waals surface area contributed by atoms with Crippen LogP contribution in [0.15, 0.2) is 58.9 Å². The maximum atomic E-state index is 13.0. The second kappa shape index (κ2) is 7.67. The average molecular weight is 454 g/mol. The maximum absolute atomic E-state index is 13.0. The quantitative estimate of drug-likeness (QED) is 0.598. The lowest BCUT2D eigenvalue weighted by atomic mass is 9.88. The molecule has 31 heavy (non-hydrogen) atoms. The normalized spacial score (nSPS) is 18.2. The Labute approximate surface area is 183 Å². The highest BCUT2D eigenvalue weighted by Crippen LogP contribution is 2.32. The molecule has 9 heteroatoms. The van der Waals surface area contributed by atoms with Gasteiger partial charge in [-0.05, 0) is 54.7 Å². The molecule has 0 saturated heterocycles. The molecule has 0 saturated carbocycles. The molecule has 1 aliphatic heterocycles. The van der Waals surface area contributed by atoms with E-state index in [1.807, 2.05) is 24.3 Å². The van der Waals surface area contributed by atoms with Gasteiger partial charge in [-0.15, -0.1) is 11.3 Å². The number of nitrogens with one attached hydrogen (secondary N) is 1. The average Bonchev–Trinajstić information content (AvgIpc) is 3.34. The Hall–Kier alpha value is -2.88. The summed E-state index contributed by atoms with van der Waals surface area (Å²) in [6, 6.07) is 14.0. The van der Waals surface area contributed by atoms with Gasteiger partial charge in [-0.25, -0.2) is 13.1 Å². The van der Waals surface area contributed by atoms with E-state index in [2.05, 4.69) is 9.71 Å². The van der Waals surface area contributed by atoms with Crippen molar-refractivity contribution in [2.75, 3.05) is 0 Å². The van der Waals surface area contributed by atoms with Crippen LogP contribution in [0.5, 0.6) is 0 Å². The van der Waals surface area contributed by atoms with Crippen molar-refractivity contribution in [2.24, 2.45) is 0 Å². The number of carbonyl (C=O) groups excluding carboxylic acids is 2. The zero-order chi connectivity index (χ0) is 21.6.